The van der Waals surface area contributed by atoms with E-state index >= 15 is 0 Å². The molecule has 0 bridgehead atoms. The zero-order valence-electron chi connectivity index (χ0n) is 8.23. The lowest BCUT2D eigenvalue weighted by atomic mass is 10.1. The van der Waals surface area contributed by atoms with E-state index in [4.69, 9.17) is 0 Å². The summed E-state index contributed by atoms with van der Waals surface area (Å²) in [5.74, 6) is 0. The molecule has 0 aromatic carbocycles. The lowest BCUT2D eigenvalue weighted by molar-refractivity contribution is 0.426. The van der Waals surface area contributed by atoms with Crippen LogP contribution in [0.4, 0.5) is 0 Å². The number of H-pyrrole nitrogens is 1. The molecular weight excluding hydrogens is 216 g/mol. The molecule has 0 amide bonds. The first-order chi connectivity index (χ1) is 7.18. The van der Waals surface area contributed by atoms with Crippen LogP contribution in [-0.4, -0.2) is 37.7 Å². The van der Waals surface area contributed by atoms with Crippen molar-refractivity contribution in [2.75, 3.05) is 13.1 Å². The maximum absolute atomic E-state index is 11.8. The van der Waals surface area contributed by atoms with Gasteiger partial charge in [-0.2, -0.15) is 5.10 Å². The maximum atomic E-state index is 11.8. The summed E-state index contributed by atoms with van der Waals surface area (Å²) in [6, 6.07) is 1.48. The molecule has 1 aromatic rings. The molecule has 0 saturated carbocycles. The van der Waals surface area contributed by atoms with Crippen LogP contribution >= 0.6 is 0 Å². The number of piperidine rings is 1. The molecule has 1 aliphatic rings. The van der Waals surface area contributed by atoms with Crippen molar-refractivity contribution in [1.82, 2.24) is 20.2 Å². The van der Waals surface area contributed by atoms with Crippen LogP contribution in [0.2, 0.25) is 0 Å². The van der Waals surface area contributed by atoms with E-state index in [1.54, 1.807) is 0 Å². The number of aromatic amines is 1. The Morgan fingerprint density at radius 2 is 2.13 bits per heavy atom. The van der Waals surface area contributed by atoms with E-state index in [0.29, 0.717) is 0 Å². The van der Waals surface area contributed by atoms with Gasteiger partial charge in [0.1, 0.15) is 0 Å². The molecule has 0 unspecified atom stereocenters. The Morgan fingerprint density at radius 1 is 1.40 bits per heavy atom. The lowest BCUT2D eigenvalue weighted by Gasteiger charge is -2.22. The molecule has 0 spiro atoms. The van der Waals surface area contributed by atoms with E-state index < -0.39 is 10.0 Å². The second kappa shape index (κ2) is 4.30. The van der Waals surface area contributed by atoms with Crippen LogP contribution in [0.3, 0.4) is 0 Å². The van der Waals surface area contributed by atoms with E-state index in [-0.39, 0.29) is 11.1 Å². The Bertz CT molecular complexity index is 394. The number of aromatic nitrogens is 2. The highest BCUT2D eigenvalue weighted by Gasteiger charge is 2.22. The van der Waals surface area contributed by atoms with Crippen molar-refractivity contribution >= 4 is 10.0 Å². The Hall–Kier alpha value is -0.920. The number of nitrogens with zero attached hydrogens (tertiary/aromatic N) is 1. The number of nitrogens with one attached hydrogen (secondary N) is 3. The third-order valence-corrected chi connectivity index (χ3v) is 3.88. The molecule has 1 saturated heterocycles. The minimum absolute atomic E-state index is 0.0274. The van der Waals surface area contributed by atoms with Gasteiger partial charge in [0.2, 0.25) is 0 Å². The summed E-state index contributed by atoms with van der Waals surface area (Å²) in [7, 11) is -3.41. The minimum atomic E-state index is -3.41. The predicted octanol–water partition coefficient (Wildman–Crippen LogP) is -0.560. The largest absolute Gasteiger partial charge is 0.317 e. The quantitative estimate of drug-likeness (QED) is 0.649. The maximum Gasteiger partial charge on any atom is 0.257 e. The van der Waals surface area contributed by atoms with Gasteiger partial charge in [0.25, 0.3) is 10.0 Å². The highest BCUT2D eigenvalue weighted by molar-refractivity contribution is 7.89. The van der Waals surface area contributed by atoms with E-state index in [1.807, 2.05) is 0 Å². The molecule has 7 heteroatoms. The SMILES string of the molecule is O=S(=O)(NC1CCNCC1)c1ccn[nH]1. The molecule has 15 heavy (non-hydrogen) atoms. The smallest absolute Gasteiger partial charge is 0.257 e. The van der Waals surface area contributed by atoms with Gasteiger partial charge in [-0.05, 0) is 32.0 Å². The van der Waals surface area contributed by atoms with E-state index in [9.17, 15) is 8.42 Å². The number of sulfonamides is 1. The first kappa shape index (κ1) is 10.6. The van der Waals surface area contributed by atoms with Gasteiger partial charge in [-0.3, -0.25) is 5.10 Å². The molecule has 0 aliphatic carbocycles. The van der Waals surface area contributed by atoms with Crippen molar-refractivity contribution in [1.29, 1.82) is 0 Å². The van der Waals surface area contributed by atoms with Crippen molar-refractivity contribution in [2.24, 2.45) is 0 Å². The van der Waals surface area contributed by atoms with E-state index in [1.165, 1.54) is 12.3 Å². The Labute approximate surface area is 88.5 Å². The third kappa shape index (κ3) is 2.55. The molecule has 3 N–H and O–H groups in total. The molecule has 84 valence electrons. The molecular formula is C8H14N4O2S. The zero-order chi connectivity index (χ0) is 10.7. The molecule has 0 atom stereocenters. The summed E-state index contributed by atoms with van der Waals surface area (Å²) in [5, 5.41) is 9.38. The van der Waals surface area contributed by atoms with Crippen LogP contribution in [0.15, 0.2) is 17.3 Å². The van der Waals surface area contributed by atoms with Gasteiger partial charge in [-0.1, -0.05) is 0 Å². The Morgan fingerprint density at radius 3 is 2.73 bits per heavy atom. The van der Waals surface area contributed by atoms with Gasteiger partial charge in [0.15, 0.2) is 5.03 Å². The fourth-order valence-electron chi connectivity index (χ4n) is 1.62. The van der Waals surface area contributed by atoms with Gasteiger partial charge in [0.05, 0.1) is 6.20 Å². The minimum Gasteiger partial charge on any atom is -0.317 e. The third-order valence-electron chi connectivity index (χ3n) is 2.43. The van der Waals surface area contributed by atoms with Crippen molar-refractivity contribution in [3.8, 4) is 0 Å². The fraction of sp³-hybridized carbons (Fsp3) is 0.625. The molecule has 1 aromatic heterocycles. The molecule has 2 rings (SSSR count). The molecule has 0 radical (unpaired) electrons. The van der Waals surface area contributed by atoms with Crippen molar-refractivity contribution in [2.45, 2.75) is 23.9 Å². The summed E-state index contributed by atoms with van der Waals surface area (Å²) >= 11 is 0. The first-order valence-corrected chi connectivity index (χ1v) is 6.39. The van der Waals surface area contributed by atoms with Gasteiger partial charge in [-0.25, -0.2) is 13.1 Å². The zero-order valence-corrected chi connectivity index (χ0v) is 9.05. The van der Waals surface area contributed by atoms with Crippen LogP contribution in [-0.2, 0) is 10.0 Å². The van der Waals surface area contributed by atoms with Crippen LogP contribution < -0.4 is 10.0 Å². The lowest BCUT2D eigenvalue weighted by Crippen LogP contribution is -2.42. The van der Waals surface area contributed by atoms with Gasteiger partial charge >= 0.3 is 0 Å². The van der Waals surface area contributed by atoms with Crippen LogP contribution in [0.5, 0.6) is 0 Å². The van der Waals surface area contributed by atoms with Crippen LogP contribution in [0.25, 0.3) is 0 Å². The second-order valence-corrected chi connectivity index (χ2v) is 5.25. The van der Waals surface area contributed by atoms with Gasteiger partial charge in [0, 0.05) is 6.04 Å². The van der Waals surface area contributed by atoms with Crippen molar-refractivity contribution in [3.63, 3.8) is 0 Å². The monoisotopic (exact) mass is 230 g/mol. The Balaban J connectivity index is 2.04. The Kier molecular flexibility index (Phi) is 3.03. The van der Waals surface area contributed by atoms with Crippen LogP contribution in [0.1, 0.15) is 12.8 Å². The van der Waals surface area contributed by atoms with Crippen molar-refractivity contribution in [3.05, 3.63) is 12.3 Å². The first-order valence-electron chi connectivity index (χ1n) is 4.91. The summed E-state index contributed by atoms with van der Waals surface area (Å²) in [4.78, 5) is 0. The second-order valence-electron chi connectivity index (χ2n) is 3.57. The summed E-state index contributed by atoms with van der Waals surface area (Å²) in [6.07, 6.45) is 3.08. The predicted molar refractivity (Wildman–Crippen MR) is 54.8 cm³/mol. The topological polar surface area (TPSA) is 86.9 Å². The summed E-state index contributed by atoms with van der Waals surface area (Å²) in [5.41, 5.74) is 0. The summed E-state index contributed by atoms with van der Waals surface area (Å²) < 4.78 is 26.2. The average Bonchev–Trinajstić information content (AvgIpc) is 2.71. The molecule has 1 aliphatic heterocycles. The van der Waals surface area contributed by atoms with E-state index in [0.717, 1.165) is 25.9 Å². The normalized spacial score (nSPS) is 19.2. The standard InChI is InChI=1S/C8H14N4O2S/c13-15(14,8-3-6-10-11-8)12-7-1-4-9-5-2-7/h3,6-7,9,12H,1-2,4-5H2,(H,10,11). The number of rotatable bonds is 3. The highest BCUT2D eigenvalue weighted by atomic mass is 32.2. The average molecular weight is 230 g/mol. The van der Waals surface area contributed by atoms with Crippen molar-refractivity contribution < 1.29 is 8.42 Å². The number of hydrogen-bond donors (Lipinski definition) is 3. The van der Waals surface area contributed by atoms with Gasteiger partial charge < -0.3 is 5.32 Å². The fourth-order valence-corrected chi connectivity index (χ4v) is 2.83. The molecule has 2 heterocycles. The molecule has 6 nitrogen and oxygen atoms in total. The molecule has 1 fully saturated rings. The highest BCUT2D eigenvalue weighted by Crippen LogP contribution is 2.08. The van der Waals surface area contributed by atoms with E-state index in [2.05, 4.69) is 20.2 Å². The summed E-state index contributed by atoms with van der Waals surface area (Å²) in [6.45, 7) is 1.71. The number of hydrogen-bond acceptors (Lipinski definition) is 4. The van der Waals surface area contributed by atoms with Crippen LogP contribution in [0, 0.1) is 0 Å². The van der Waals surface area contributed by atoms with Gasteiger partial charge in [-0.15, -0.1) is 0 Å².